The molecular weight excluding hydrogens is 402 g/mol. The Morgan fingerprint density at radius 2 is 1.70 bits per heavy atom. The summed E-state index contributed by atoms with van der Waals surface area (Å²) in [6, 6.07) is 18.9. The molecule has 0 aliphatic heterocycles. The molecule has 30 heavy (non-hydrogen) atoms. The lowest BCUT2D eigenvalue weighted by molar-refractivity contribution is 0.102. The van der Waals surface area contributed by atoms with Crippen molar-refractivity contribution in [3.63, 3.8) is 0 Å². The maximum Gasteiger partial charge on any atom is 0.260 e. The summed E-state index contributed by atoms with van der Waals surface area (Å²) in [6.07, 6.45) is 1.70. The number of pyridine rings is 1. The monoisotopic (exact) mass is 419 g/mol. The number of halogens is 1. The number of nitrogens with two attached hydrogens (primary N) is 1. The lowest BCUT2D eigenvalue weighted by Crippen LogP contribution is -2.14. The van der Waals surface area contributed by atoms with Crippen molar-refractivity contribution >= 4 is 40.2 Å². The summed E-state index contributed by atoms with van der Waals surface area (Å²) in [4.78, 5) is 26.3. The fraction of sp³-hybridized carbons (Fsp3) is 0.0435. The van der Waals surface area contributed by atoms with Gasteiger partial charge in [0.25, 0.3) is 5.91 Å². The van der Waals surface area contributed by atoms with E-state index >= 15 is 0 Å². The average molecular weight is 420 g/mol. The summed E-state index contributed by atoms with van der Waals surface area (Å²) in [6.45, 7) is 0. The second kappa shape index (κ2) is 7.93. The van der Waals surface area contributed by atoms with Gasteiger partial charge >= 0.3 is 0 Å². The first-order valence-corrected chi connectivity index (χ1v) is 9.52. The van der Waals surface area contributed by atoms with E-state index < -0.39 is 5.91 Å². The van der Waals surface area contributed by atoms with E-state index in [4.69, 9.17) is 22.1 Å². The van der Waals surface area contributed by atoms with Gasteiger partial charge in [0, 0.05) is 16.8 Å². The predicted octanol–water partition coefficient (Wildman–Crippen LogP) is 4.67. The smallest absolute Gasteiger partial charge is 0.260 e. The number of methoxy groups -OCH3 is 1. The van der Waals surface area contributed by atoms with Crippen LogP contribution < -0.4 is 15.8 Å². The van der Waals surface area contributed by atoms with Crippen molar-refractivity contribution in [1.29, 1.82) is 0 Å². The molecule has 0 bridgehead atoms. The van der Waals surface area contributed by atoms with Gasteiger partial charge in [0.2, 0.25) is 5.78 Å². The number of nitrogen functional groups attached to an aromatic ring is 1. The maximum absolute atomic E-state index is 13.2. The first kappa shape index (κ1) is 19.5. The highest BCUT2D eigenvalue weighted by molar-refractivity contribution is 6.30. The Labute approximate surface area is 177 Å². The van der Waals surface area contributed by atoms with Gasteiger partial charge in [0.15, 0.2) is 0 Å². The van der Waals surface area contributed by atoms with Gasteiger partial charge in [0.1, 0.15) is 11.4 Å². The maximum atomic E-state index is 13.2. The number of carbonyl (C=O) groups excluding carboxylic acids is 2. The number of anilines is 2. The molecule has 4 rings (SSSR count). The third-order valence-corrected chi connectivity index (χ3v) is 5.04. The van der Waals surface area contributed by atoms with E-state index in [-0.39, 0.29) is 22.7 Å². The minimum atomic E-state index is -0.434. The van der Waals surface area contributed by atoms with Crippen LogP contribution in [0.5, 0.6) is 5.75 Å². The standard InChI is InChI=1S/C23H18ClN3O3/c1-30-18-8-3-2-6-16(18)26-23(29)19-17-7-4-5-13-27(17)21(20(19)25)22(28)14-9-11-15(24)12-10-14/h2-13H,25H2,1H3,(H,26,29). The summed E-state index contributed by atoms with van der Waals surface area (Å²) < 4.78 is 6.92. The van der Waals surface area contributed by atoms with Gasteiger partial charge in [-0.05, 0) is 48.5 Å². The SMILES string of the molecule is COc1ccccc1NC(=O)c1c(N)c(C(=O)c2ccc(Cl)cc2)n2ccccc12. The quantitative estimate of drug-likeness (QED) is 0.460. The number of aromatic nitrogens is 1. The fourth-order valence-electron chi connectivity index (χ4n) is 3.37. The van der Waals surface area contributed by atoms with Gasteiger partial charge in [-0.1, -0.05) is 29.8 Å². The van der Waals surface area contributed by atoms with Crippen LogP contribution in [0.3, 0.4) is 0 Å². The Morgan fingerprint density at radius 3 is 2.43 bits per heavy atom. The summed E-state index contributed by atoms with van der Waals surface area (Å²) in [5.41, 5.74) is 8.35. The summed E-state index contributed by atoms with van der Waals surface area (Å²) >= 11 is 5.93. The lowest BCUT2D eigenvalue weighted by Gasteiger charge is -2.10. The number of nitrogens with one attached hydrogen (secondary N) is 1. The van der Waals surface area contributed by atoms with E-state index in [9.17, 15) is 9.59 Å². The fourth-order valence-corrected chi connectivity index (χ4v) is 3.50. The third kappa shape index (κ3) is 3.38. The first-order valence-electron chi connectivity index (χ1n) is 9.14. The highest BCUT2D eigenvalue weighted by Crippen LogP contribution is 2.31. The van der Waals surface area contributed by atoms with Crippen molar-refractivity contribution < 1.29 is 14.3 Å². The van der Waals surface area contributed by atoms with Crippen LogP contribution >= 0.6 is 11.6 Å². The molecule has 0 aliphatic rings. The van der Waals surface area contributed by atoms with Crippen LogP contribution in [0, 0.1) is 0 Å². The topological polar surface area (TPSA) is 85.8 Å². The van der Waals surface area contributed by atoms with Crippen molar-refractivity contribution in [2.45, 2.75) is 0 Å². The Bertz CT molecular complexity index is 1260. The van der Waals surface area contributed by atoms with Crippen LogP contribution in [0.2, 0.25) is 5.02 Å². The molecule has 2 heterocycles. The molecule has 0 spiro atoms. The van der Waals surface area contributed by atoms with Crippen molar-refractivity contribution in [2.24, 2.45) is 0 Å². The van der Waals surface area contributed by atoms with E-state index in [1.54, 1.807) is 77.3 Å². The summed E-state index contributed by atoms with van der Waals surface area (Å²) in [5.74, 6) is -0.219. The van der Waals surface area contributed by atoms with Crippen molar-refractivity contribution in [1.82, 2.24) is 4.40 Å². The van der Waals surface area contributed by atoms with Crippen LogP contribution in [0.25, 0.3) is 5.52 Å². The largest absolute Gasteiger partial charge is 0.495 e. The van der Waals surface area contributed by atoms with E-state index in [1.807, 2.05) is 0 Å². The molecule has 7 heteroatoms. The lowest BCUT2D eigenvalue weighted by atomic mass is 10.1. The molecule has 0 saturated carbocycles. The number of rotatable bonds is 5. The molecule has 0 fully saturated rings. The number of benzene rings is 2. The second-order valence-electron chi connectivity index (χ2n) is 6.58. The average Bonchev–Trinajstić information content (AvgIpc) is 3.06. The van der Waals surface area contributed by atoms with E-state index in [1.165, 1.54) is 7.11 Å². The molecule has 6 nitrogen and oxygen atoms in total. The Balaban J connectivity index is 1.81. The van der Waals surface area contributed by atoms with Gasteiger partial charge in [-0.15, -0.1) is 0 Å². The van der Waals surface area contributed by atoms with Crippen molar-refractivity contribution in [3.8, 4) is 5.75 Å². The zero-order valence-corrected chi connectivity index (χ0v) is 16.8. The van der Waals surface area contributed by atoms with Crippen LogP contribution in [0.4, 0.5) is 11.4 Å². The van der Waals surface area contributed by atoms with Crippen LogP contribution in [0.1, 0.15) is 26.4 Å². The van der Waals surface area contributed by atoms with Crippen LogP contribution in [0.15, 0.2) is 72.9 Å². The molecule has 4 aromatic rings. The Hall–Kier alpha value is -3.77. The van der Waals surface area contributed by atoms with Gasteiger partial charge < -0.3 is 20.2 Å². The molecule has 1 amide bonds. The number of ketones is 1. The predicted molar refractivity (Wildman–Crippen MR) is 118 cm³/mol. The zero-order valence-electron chi connectivity index (χ0n) is 16.1. The molecule has 0 saturated heterocycles. The van der Waals surface area contributed by atoms with Gasteiger partial charge in [-0.2, -0.15) is 0 Å². The van der Waals surface area contributed by atoms with Crippen molar-refractivity contribution in [2.75, 3.05) is 18.2 Å². The highest BCUT2D eigenvalue weighted by Gasteiger charge is 2.26. The molecule has 2 aromatic heterocycles. The van der Waals surface area contributed by atoms with Gasteiger partial charge in [0.05, 0.1) is 29.6 Å². The zero-order chi connectivity index (χ0) is 21.3. The van der Waals surface area contributed by atoms with E-state index in [0.29, 0.717) is 27.5 Å². The second-order valence-corrected chi connectivity index (χ2v) is 7.02. The number of nitrogens with zero attached hydrogens (tertiary/aromatic N) is 1. The van der Waals surface area contributed by atoms with Gasteiger partial charge in [-0.3, -0.25) is 9.59 Å². The minimum Gasteiger partial charge on any atom is -0.495 e. The minimum absolute atomic E-state index is 0.105. The van der Waals surface area contributed by atoms with E-state index in [0.717, 1.165) is 0 Å². The number of amides is 1. The molecular formula is C23H18ClN3O3. The first-order chi connectivity index (χ1) is 14.5. The number of para-hydroxylation sites is 2. The summed E-state index contributed by atoms with van der Waals surface area (Å²) in [7, 11) is 1.52. The highest BCUT2D eigenvalue weighted by atomic mass is 35.5. The number of hydrogen-bond donors (Lipinski definition) is 2. The Kier molecular flexibility index (Phi) is 5.16. The Morgan fingerprint density at radius 1 is 1.00 bits per heavy atom. The molecule has 0 atom stereocenters. The van der Waals surface area contributed by atoms with E-state index in [2.05, 4.69) is 5.32 Å². The van der Waals surface area contributed by atoms with Crippen molar-refractivity contribution in [3.05, 3.63) is 94.8 Å². The summed E-state index contributed by atoms with van der Waals surface area (Å²) in [5, 5.41) is 3.35. The molecule has 150 valence electrons. The molecule has 0 aliphatic carbocycles. The molecule has 2 aromatic carbocycles. The number of fused-ring (bicyclic) bond motifs is 1. The van der Waals surface area contributed by atoms with Crippen LogP contribution in [-0.4, -0.2) is 23.2 Å². The number of hydrogen-bond acceptors (Lipinski definition) is 4. The van der Waals surface area contributed by atoms with Gasteiger partial charge in [-0.25, -0.2) is 0 Å². The third-order valence-electron chi connectivity index (χ3n) is 4.79. The number of ether oxygens (including phenoxy) is 1. The molecule has 3 N–H and O–H groups in total. The van der Waals surface area contributed by atoms with Crippen LogP contribution in [-0.2, 0) is 0 Å². The molecule has 0 radical (unpaired) electrons. The molecule has 0 unspecified atom stereocenters. The normalized spacial score (nSPS) is 10.7. The number of carbonyl (C=O) groups is 2.